The number of imidazole rings is 1. The van der Waals surface area contributed by atoms with Gasteiger partial charge in [-0.05, 0) is 30.3 Å². The van der Waals surface area contributed by atoms with Crippen molar-refractivity contribution in [2.75, 3.05) is 0 Å². The lowest BCUT2D eigenvalue weighted by Crippen LogP contribution is -2.02. The normalized spacial score (nSPS) is 15.0. The molecule has 2 aromatic carbocycles. The first kappa shape index (κ1) is 14.3. The molecule has 1 aliphatic rings. The number of benzene rings is 2. The van der Waals surface area contributed by atoms with E-state index < -0.39 is 5.75 Å². The number of rotatable bonds is 2. The molecule has 0 fully saturated rings. The van der Waals surface area contributed by atoms with Gasteiger partial charge in [-0.15, -0.1) is 0 Å². The molecule has 1 aromatic heterocycles. The molecule has 1 aliphatic heterocycles. The van der Waals surface area contributed by atoms with Crippen LogP contribution in [0.4, 0.5) is 0 Å². The van der Waals surface area contributed by atoms with Gasteiger partial charge in [0.1, 0.15) is 5.82 Å². The molecule has 0 aliphatic carbocycles. The van der Waals surface area contributed by atoms with Crippen LogP contribution >= 0.6 is 0 Å². The zero-order valence-electron chi connectivity index (χ0n) is 12.9. The standard InChI is InChI=1S/C18H14N2O4/c1-20-12-5-3-2-4-11(12)19-15(20)9-8-14-16(22)10-6-7-13(21)17(23)18(10)24-14/h2-8,21,23H,9H2,1H3. The zero-order valence-corrected chi connectivity index (χ0v) is 12.9. The van der Waals surface area contributed by atoms with Crippen LogP contribution in [0.25, 0.3) is 11.0 Å². The van der Waals surface area contributed by atoms with Crippen LogP contribution in [0.1, 0.15) is 16.2 Å². The molecule has 0 saturated carbocycles. The first-order chi connectivity index (χ1) is 11.6. The molecule has 0 amide bonds. The molecular weight excluding hydrogens is 308 g/mol. The summed E-state index contributed by atoms with van der Waals surface area (Å²) in [6.45, 7) is 0. The van der Waals surface area contributed by atoms with Crippen molar-refractivity contribution in [3.63, 3.8) is 0 Å². The third-order valence-electron chi connectivity index (χ3n) is 4.14. The number of phenolic OH excluding ortho intramolecular Hbond substituents is 2. The summed E-state index contributed by atoms with van der Waals surface area (Å²) in [5, 5.41) is 19.3. The summed E-state index contributed by atoms with van der Waals surface area (Å²) in [5.41, 5.74) is 2.13. The van der Waals surface area contributed by atoms with E-state index in [-0.39, 0.29) is 28.6 Å². The Morgan fingerprint density at radius 1 is 1.21 bits per heavy atom. The first-order valence-electron chi connectivity index (χ1n) is 7.44. The van der Waals surface area contributed by atoms with E-state index in [1.165, 1.54) is 12.1 Å². The van der Waals surface area contributed by atoms with E-state index in [2.05, 4.69) is 4.98 Å². The van der Waals surface area contributed by atoms with Crippen molar-refractivity contribution in [1.29, 1.82) is 0 Å². The zero-order chi connectivity index (χ0) is 16.8. The van der Waals surface area contributed by atoms with E-state index in [1.54, 1.807) is 6.08 Å². The molecule has 120 valence electrons. The van der Waals surface area contributed by atoms with Gasteiger partial charge in [-0.3, -0.25) is 4.79 Å². The smallest absolute Gasteiger partial charge is 0.231 e. The number of ketones is 1. The number of aromatic nitrogens is 2. The second-order valence-electron chi connectivity index (χ2n) is 5.59. The fourth-order valence-electron chi connectivity index (χ4n) is 2.83. The van der Waals surface area contributed by atoms with Crippen LogP contribution in [-0.2, 0) is 13.5 Å². The molecule has 0 atom stereocenters. The molecule has 2 heterocycles. The molecule has 0 bridgehead atoms. The van der Waals surface area contributed by atoms with Crippen LogP contribution in [0.3, 0.4) is 0 Å². The second-order valence-corrected chi connectivity index (χ2v) is 5.59. The monoisotopic (exact) mass is 322 g/mol. The van der Waals surface area contributed by atoms with Crippen LogP contribution in [0, 0.1) is 0 Å². The largest absolute Gasteiger partial charge is 0.504 e. The molecule has 0 saturated heterocycles. The highest BCUT2D eigenvalue weighted by Gasteiger charge is 2.31. The molecule has 0 spiro atoms. The minimum Gasteiger partial charge on any atom is -0.504 e. The summed E-state index contributed by atoms with van der Waals surface area (Å²) in [5.74, 6) is -0.151. The Morgan fingerprint density at radius 3 is 2.79 bits per heavy atom. The van der Waals surface area contributed by atoms with Gasteiger partial charge < -0.3 is 19.5 Å². The van der Waals surface area contributed by atoms with Gasteiger partial charge in [0.25, 0.3) is 0 Å². The van der Waals surface area contributed by atoms with Crippen LogP contribution in [-0.4, -0.2) is 25.5 Å². The molecule has 2 N–H and O–H groups in total. The molecular formula is C18H14N2O4. The maximum Gasteiger partial charge on any atom is 0.231 e. The topological polar surface area (TPSA) is 84.6 Å². The molecule has 0 radical (unpaired) electrons. The Labute approximate surface area is 137 Å². The van der Waals surface area contributed by atoms with Crippen molar-refractivity contribution in [3.05, 3.63) is 59.6 Å². The van der Waals surface area contributed by atoms with E-state index in [1.807, 2.05) is 35.9 Å². The number of Topliss-reactive ketones (excluding diaryl/α,β-unsaturated/α-hetero) is 1. The lowest BCUT2D eigenvalue weighted by molar-refractivity contribution is 0.101. The fourth-order valence-corrected chi connectivity index (χ4v) is 2.83. The average molecular weight is 322 g/mol. The molecule has 6 nitrogen and oxygen atoms in total. The maximum absolute atomic E-state index is 12.3. The van der Waals surface area contributed by atoms with Gasteiger partial charge in [0.15, 0.2) is 17.3 Å². The van der Waals surface area contributed by atoms with E-state index in [4.69, 9.17) is 4.74 Å². The Kier molecular flexibility index (Phi) is 3.06. The third kappa shape index (κ3) is 2.04. The Hall–Kier alpha value is -3.28. The predicted molar refractivity (Wildman–Crippen MR) is 87.2 cm³/mol. The Balaban J connectivity index is 1.66. The quantitative estimate of drug-likeness (QED) is 0.560. The minimum absolute atomic E-state index is 0.00347. The summed E-state index contributed by atoms with van der Waals surface area (Å²) in [7, 11) is 1.92. The lowest BCUT2D eigenvalue weighted by Gasteiger charge is -2.02. The van der Waals surface area contributed by atoms with Crippen molar-refractivity contribution in [3.8, 4) is 17.2 Å². The molecule has 0 unspecified atom stereocenters. The fraction of sp³-hybridized carbons (Fsp3) is 0.111. The van der Waals surface area contributed by atoms with Gasteiger partial charge in [-0.1, -0.05) is 12.1 Å². The summed E-state index contributed by atoms with van der Waals surface area (Å²) < 4.78 is 7.39. The van der Waals surface area contributed by atoms with Crippen molar-refractivity contribution in [1.82, 2.24) is 9.55 Å². The van der Waals surface area contributed by atoms with Gasteiger partial charge in [0, 0.05) is 13.5 Å². The number of carbonyl (C=O) groups excluding carboxylic acids is 1. The molecule has 6 heteroatoms. The SMILES string of the molecule is Cn1c(CC=C2Oc3c(ccc(O)c3O)C2=O)nc2ccccc21. The number of nitrogens with zero attached hydrogens (tertiary/aromatic N) is 2. The number of hydrogen-bond acceptors (Lipinski definition) is 5. The Morgan fingerprint density at radius 2 is 2.00 bits per heavy atom. The summed E-state index contributed by atoms with van der Waals surface area (Å²) >= 11 is 0. The molecule has 3 aromatic rings. The van der Waals surface area contributed by atoms with E-state index in [9.17, 15) is 15.0 Å². The second kappa shape index (κ2) is 5.13. The van der Waals surface area contributed by atoms with E-state index in [0.29, 0.717) is 6.42 Å². The lowest BCUT2D eigenvalue weighted by atomic mass is 10.1. The highest BCUT2D eigenvalue weighted by atomic mass is 16.5. The van der Waals surface area contributed by atoms with E-state index >= 15 is 0 Å². The van der Waals surface area contributed by atoms with Crippen LogP contribution < -0.4 is 4.74 Å². The number of allylic oxidation sites excluding steroid dienone is 2. The van der Waals surface area contributed by atoms with Gasteiger partial charge >= 0.3 is 0 Å². The Bertz CT molecular complexity index is 1020. The number of phenols is 2. The number of carbonyl (C=O) groups is 1. The van der Waals surface area contributed by atoms with Crippen molar-refractivity contribution in [2.24, 2.45) is 7.05 Å². The number of fused-ring (bicyclic) bond motifs is 2. The number of hydrogen-bond donors (Lipinski definition) is 2. The van der Waals surface area contributed by atoms with Crippen molar-refractivity contribution in [2.45, 2.75) is 6.42 Å². The molecule has 24 heavy (non-hydrogen) atoms. The molecule has 4 rings (SSSR count). The van der Waals surface area contributed by atoms with Crippen LogP contribution in [0.15, 0.2) is 48.2 Å². The summed E-state index contributed by atoms with van der Waals surface area (Å²) in [4.78, 5) is 16.9. The number of aryl methyl sites for hydroxylation is 1. The van der Waals surface area contributed by atoms with Gasteiger partial charge in [-0.2, -0.15) is 0 Å². The highest BCUT2D eigenvalue weighted by Crippen LogP contribution is 2.43. The predicted octanol–water partition coefficient (Wildman–Crippen LogP) is 2.69. The number of aromatic hydroxyl groups is 2. The van der Waals surface area contributed by atoms with Crippen LogP contribution in [0.2, 0.25) is 0 Å². The maximum atomic E-state index is 12.3. The summed E-state index contributed by atoms with van der Waals surface area (Å²) in [6.07, 6.45) is 2.05. The number of para-hydroxylation sites is 2. The van der Waals surface area contributed by atoms with E-state index in [0.717, 1.165) is 16.9 Å². The third-order valence-corrected chi connectivity index (χ3v) is 4.14. The van der Waals surface area contributed by atoms with Gasteiger partial charge in [0.2, 0.25) is 11.5 Å². The van der Waals surface area contributed by atoms with Crippen molar-refractivity contribution >= 4 is 16.8 Å². The van der Waals surface area contributed by atoms with Gasteiger partial charge in [0.05, 0.1) is 16.6 Å². The highest BCUT2D eigenvalue weighted by molar-refractivity contribution is 6.13. The first-order valence-corrected chi connectivity index (χ1v) is 7.44. The number of ether oxygens (including phenoxy) is 1. The van der Waals surface area contributed by atoms with Gasteiger partial charge in [-0.25, -0.2) is 4.98 Å². The summed E-state index contributed by atoms with van der Waals surface area (Å²) in [6, 6.07) is 10.5. The minimum atomic E-state index is -0.424. The van der Waals surface area contributed by atoms with Crippen molar-refractivity contribution < 1.29 is 19.7 Å². The average Bonchev–Trinajstić information content (AvgIpc) is 3.08. The van der Waals surface area contributed by atoms with Crippen LogP contribution in [0.5, 0.6) is 17.2 Å².